The van der Waals surface area contributed by atoms with E-state index in [2.05, 4.69) is 21.7 Å². The van der Waals surface area contributed by atoms with E-state index in [9.17, 15) is 4.79 Å². The summed E-state index contributed by atoms with van der Waals surface area (Å²) in [6, 6.07) is 0. The Labute approximate surface area is 111 Å². The lowest BCUT2D eigenvalue weighted by Gasteiger charge is -2.07. The van der Waals surface area contributed by atoms with Crippen molar-refractivity contribution in [2.75, 3.05) is 12.4 Å². The van der Waals surface area contributed by atoms with Gasteiger partial charge in [0.1, 0.15) is 5.82 Å². The molecule has 1 saturated carbocycles. The van der Waals surface area contributed by atoms with E-state index in [4.69, 9.17) is 4.74 Å². The zero-order chi connectivity index (χ0) is 13.0. The number of esters is 1. The molecule has 1 heterocycles. The summed E-state index contributed by atoms with van der Waals surface area (Å²) >= 11 is 1.42. The average Bonchev–Trinajstić information content (AvgIpc) is 3.11. The highest BCUT2D eigenvalue weighted by atomic mass is 32.2. The third-order valence-electron chi connectivity index (χ3n) is 2.76. The van der Waals surface area contributed by atoms with Gasteiger partial charge in [0, 0.05) is 12.5 Å². The van der Waals surface area contributed by atoms with Gasteiger partial charge in [-0.2, -0.15) is 0 Å². The second-order valence-corrected chi connectivity index (χ2v) is 5.30. The van der Waals surface area contributed by atoms with E-state index in [1.165, 1.54) is 24.6 Å². The van der Waals surface area contributed by atoms with Crippen molar-refractivity contribution in [3.05, 3.63) is 5.82 Å². The lowest BCUT2D eigenvalue weighted by Crippen LogP contribution is -2.09. The van der Waals surface area contributed by atoms with Crippen molar-refractivity contribution in [2.45, 2.75) is 50.7 Å². The van der Waals surface area contributed by atoms with Crippen molar-refractivity contribution in [3.8, 4) is 0 Å². The fourth-order valence-electron chi connectivity index (χ4n) is 1.81. The van der Waals surface area contributed by atoms with Gasteiger partial charge in [-0.25, -0.2) is 0 Å². The Hall–Kier alpha value is -1.04. The summed E-state index contributed by atoms with van der Waals surface area (Å²) < 4.78 is 7.07. The SMILES string of the molecule is CCCn1c(SCC(=O)OCC)nnc1C1CC1. The second-order valence-electron chi connectivity index (χ2n) is 4.36. The number of rotatable bonds is 7. The van der Waals surface area contributed by atoms with Crippen LogP contribution in [0, 0.1) is 0 Å². The van der Waals surface area contributed by atoms with Crippen LogP contribution in [0.2, 0.25) is 0 Å². The molecule has 5 nitrogen and oxygen atoms in total. The van der Waals surface area contributed by atoms with E-state index in [1.807, 2.05) is 6.92 Å². The van der Waals surface area contributed by atoms with Gasteiger partial charge in [0.2, 0.25) is 0 Å². The van der Waals surface area contributed by atoms with Crippen LogP contribution < -0.4 is 0 Å². The molecule has 0 atom stereocenters. The number of aromatic nitrogens is 3. The first kappa shape index (κ1) is 13.4. The van der Waals surface area contributed by atoms with E-state index in [1.54, 1.807) is 0 Å². The topological polar surface area (TPSA) is 57.0 Å². The molecule has 0 aliphatic heterocycles. The predicted octanol–water partition coefficient (Wildman–Crippen LogP) is 2.22. The highest BCUT2D eigenvalue weighted by Gasteiger charge is 2.30. The lowest BCUT2D eigenvalue weighted by molar-refractivity contribution is -0.139. The Balaban J connectivity index is 2.00. The van der Waals surface area contributed by atoms with Crippen LogP contribution in [-0.4, -0.2) is 33.1 Å². The van der Waals surface area contributed by atoms with Crippen LogP contribution >= 0.6 is 11.8 Å². The summed E-state index contributed by atoms with van der Waals surface area (Å²) in [7, 11) is 0. The first-order valence-electron chi connectivity index (χ1n) is 6.47. The van der Waals surface area contributed by atoms with Gasteiger partial charge in [0.05, 0.1) is 12.4 Å². The lowest BCUT2D eigenvalue weighted by atomic mass is 10.4. The summed E-state index contributed by atoms with van der Waals surface area (Å²) in [5, 5.41) is 9.30. The van der Waals surface area contributed by atoms with E-state index >= 15 is 0 Å². The molecule has 6 heteroatoms. The van der Waals surface area contributed by atoms with Crippen molar-refractivity contribution in [2.24, 2.45) is 0 Å². The number of carbonyl (C=O) groups excluding carboxylic acids is 1. The number of hydrogen-bond acceptors (Lipinski definition) is 5. The summed E-state index contributed by atoms with van der Waals surface area (Å²) in [4.78, 5) is 11.3. The quantitative estimate of drug-likeness (QED) is 0.561. The molecule has 1 aromatic heterocycles. The molecule has 1 aliphatic rings. The molecule has 0 N–H and O–H groups in total. The Bertz CT molecular complexity index is 415. The molecule has 1 aliphatic carbocycles. The second kappa shape index (κ2) is 6.22. The Kier molecular flexibility index (Phi) is 4.63. The molecule has 0 saturated heterocycles. The molecular weight excluding hydrogens is 250 g/mol. The monoisotopic (exact) mass is 269 g/mol. The summed E-state index contributed by atoms with van der Waals surface area (Å²) in [5.41, 5.74) is 0. The van der Waals surface area contributed by atoms with Gasteiger partial charge in [-0.15, -0.1) is 10.2 Å². The fraction of sp³-hybridized carbons (Fsp3) is 0.750. The van der Waals surface area contributed by atoms with Gasteiger partial charge >= 0.3 is 5.97 Å². The van der Waals surface area contributed by atoms with E-state index in [0.717, 1.165) is 23.9 Å². The van der Waals surface area contributed by atoms with Crippen LogP contribution in [0.1, 0.15) is 44.9 Å². The Morgan fingerprint density at radius 2 is 2.22 bits per heavy atom. The number of carbonyl (C=O) groups is 1. The standard InChI is InChI=1S/C12H19N3O2S/c1-3-7-15-11(9-5-6-9)13-14-12(15)18-8-10(16)17-4-2/h9H,3-8H2,1-2H3. The van der Waals surface area contributed by atoms with Gasteiger partial charge in [0.15, 0.2) is 5.16 Å². The van der Waals surface area contributed by atoms with Gasteiger partial charge in [0.25, 0.3) is 0 Å². The number of hydrogen-bond donors (Lipinski definition) is 0. The van der Waals surface area contributed by atoms with Gasteiger partial charge < -0.3 is 9.30 Å². The minimum Gasteiger partial charge on any atom is -0.465 e. The molecule has 1 fully saturated rings. The minimum absolute atomic E-state index is 0.193. The molecule has 100 valence electrons. The first-order chi connectivity index (χ1) is 8.76. The molecule has 0 aromatic carbocycles. The van der Waals surface area contributed by atoms with E-state index in [0.29, 0.717) is 18.3 Å². The predicted molar refractivity (Wildman–Crippen MR) is 69.6 cm³/mol. The van der Waals surface area contributed by atoms with Crippen LogP contribution in [0.4, 0.5) is 0 Å². The molecule has 2 rings (SSSR count). The molecule has 0 spiro atoms. The average molecular weight is 269 g/mol. The van der Waals surface area contributed by atoms with E-state index < -0.39 is 0 Å². The van der Waals surface area contributed by atoms with Crippen molar-refractivity contribution in [1.82, 2.24) is 14.8 Å². The minimum atomic E-state index is -0.193. The van der Waals surface area contributed by atoms with Crippen molar-refractivity contribution >= 4 is 17.7 Å². The van der Waals surface area contributed by atoms with Crippen LogP contribution in [-0.2, 0) is 16.1 Å². The smallest absolute Gasteiger partial charge is 0.316 e. The molecule has 0 unspecified atom stereocenters. The summed E-state index contributed by atoms with van der Waals surface area (Å²) in [5.74, 6) is 1.78. The zero-order valence-electron chi connectivity index (χ0n) is 10.9. The normalized spacial score (nSPS) is 14.8. The largest absolute Gasteiger partial charge is 0.465 e. The number of ether oxygens (including phenoxy) is 1. The van der Waals surface area contributed by atoms with Crippen molar-refractivity contribution < 1.29 is 9.53 Å². The molecule has 0 amide bonds. The Morgan fingerprint density at radius 1 is 1.44 bits per heavy atom. The number of nitrogens with zero attached hydrogens (tertiary/aromatic N) is 3. The van der Waals surface area contributed by atoms with E-state index in [-0.39, 0.29) is 5.97 Å². The van der Waals surface area contributed by atoms with Crippen LogP contribution in [0.3, 0.4) is 0 Å². The van der Waals surface area contributed by atoms with Crippen molar-refractivity contribution in [3.63, 3.8) is 0 Å². The molecule has 1 aromatic rings. The highest BCUT2D eigenvalue weighted by Crippen LogP contribution is 2.40. The third kappa shape index (κ3) is 3.25. The molecular formula is C12H19N3O2S. The Morgan fingerprint density at radius 3 is 2.83 bits per heavy atom. The van der Waals surface area contributed by atoms with Crippen molar-refractivity contribution in [1.29, 1.82) is 0 Å². The van der Waals surface area contributed by atoms with Crippen LogP contribution in [0.15, 0.2) is 5.16 Å². The molecule has 0 bridgehead atoms. The van der Waals surface area contributed by atoms with Crippen LogP contribution in [0.5, 0.6) is 0 Å². The van der Waals surface area contributed by atoms with Gasteiger partial charge in [-0.3, -0.25) is 4.79 Å². The molecule has 0 radical (unpaired) electrons. The fourth-order valence-corrected chi connectivity index (χ4v) is 2.58. The highest BCUT2D eigenvalue weighted by molar-refractivity contribution is 7.99. The zero-order valence-corrected chi connectivity index (χ0v) is 11.7. The van der Waals surface area contributed by atoms with Gasteiger partial charge in [-0.05, 0) is 26.2 Å². The maximum absolute atomic E-state index is 11.3. The molecule has 18 heavy (non-hydrogen) atoms. The van der Waals surface area contributed by atoms with Gasteiger partial charge in [-0.1, -0.05) is 18.7 Å². The third-order valence-corrected chi connectivity index (χ3v) is 3.70. The summed E-state index contributed by atoms with van der Waals surface area (Å²) in [6.45, 7) is 5.29. The maximum atomic E-state index is 11.3. The summed E-state index contributed by atoms with van der Waals surface area (Å²) in [6.07, 6.45) is 3.47. The maximum Gasteiger partial charge on any atom is 0.316 e. The number of thioether (sulfide) groups is 1. The first-order valence-corrected chi connectivity index (χ1v) is 7.46. The van der Waals surface area contributed by atoms with Crippen LogP contribution in [0.25, 0.3) is 0 Å².